The SMILES string of the molecule is CN1C[C@H]2C[C@@]2(C#Cc2cc3ncnc(Nc4ccc(Oc5ccccc5)cc4)c3cc2N)C1. The lowest BCUT2D eigenvalue weighted by molar-refractivity contribution is 0.360. The van der Waals surface area contributed by atoms with Crippen molar-refractivity contribution >= 4 is 28.1 Å². The molecule has 2 heterocycles. The highest BCUT2D eigenvalue weighted by Crippen LogP contribution is 2.56. The Labute approximate surface area is 198 Å². The zero-order valence-corrected chi connectivity index (χ0v) is 19.0. The third kappa shape index (κ3) is 3.91. The van der Waals surface area contributed by atoms with Gasteiger partial charge in [-0.2, -0.15) is 0 Å². The number of nitrogens with zero attached hydrogens (tertiary/aromatic N) is 3. The lowest BCUT2D eigenvalue weighted by Gasteiger charge is -2.11. The number of likely N-dealkylation sites (tertiary alicyclic amines) is 1. The van der Waals surface area contributed by atoms with E-state index in [0.29, 0.717) is 17.4 Å². The first-order valence-electron chi connectivity index (χ1n) is 11.4. The Hall–Kier alpha value is -4.08. The molecule has 3 N–H and O–H groups in total. The van der Waals surface area contributed by atoms with Crippen LogP contribution in [-0.4, -0.2) is 35.0 Å². The highest BCUT2D eigenvalue weighted by Gasteiger charge is 2.58. The number of rotatable bonds is 4. The van der Waals surface area contributed by atoms with Gasteiger partial charge in [0.2, 0.25) is 0 Å². The Kier molecular flexibility index (Phi) is 4.86. The third-order valence-electron chi connectivity index (χ3n) is 6.66. The van der Waals surface area contributed by atoms with Gasteiger partial charge in [-0.15, -0.1) is 0 Å². The average Bonchev–Trinajstić information content (AvgIpc) is 3.40. The number of anilines is 3. The Balaban J connectivity index is 1.23. The van der Waals surface area contributed by atoms with Gasteiger partial charge in [0.1, 0.15) is 23.6 Å². The molecule has 1 aromatic heterocycles. The van der Waals surface area contributed by atoms with Gasteiger partial charge in [-0.3, -0.25) is 0 Å². The summed E-state index contributed by atoms with van der Waals surface area (Å²) in [6.45, 7) is 2.19. The van der Waals surface area contributed by atoms with E-state index in [9.17, 15) is 0 Å². The largest absolute Gasteiger partial charge is 0.457 e. The third-order valence-corrected chi connectivity index (χ3v) is 6.66. The van der Waals surface area contributed by atoms with E-state index in [1.165, 1.54) is 6.42 Å². The summed E-state index contributed by atoms with van der Waals surface area (Å²) in [5, 5.41) is 4.23. The molecule has 0 spiro atoms. The molecule has 0 unspecified atom stereocenters. The van der Waals surface area contributed by atoms with Gasteiger partial charge >= 0.3 is 0 Å². The second-order valence-electron chi connectivity index (χ2n) is 9.25. The van der Waals surface area contributed by atoms with Crippen LogP contribution < -0.4 is 15.8 Å². The molecule has 4 aromatic rings. The number of hydrogen-bond acceptors (Lipinski definition) is 6. The predicted octanol–water partition coefficient (Wildman–Crippen LogP) is 5.05. The summed E-state index contributed by atoms with van der Waals surface area (Å²) < 4.78 is 5.87. The standard InChI is InChI=1S/C28H25N5O/c1-33-16-20-15-28(20,17-33)12-11-19-13-26-24(14-25(19)29)27(31-18-30-26)32-21-7-9-23(10-8-21)34-22-5-3-2-4-6-22/h2-10,13-14,18,20H,15-17,29H2,1H3,(H,30,31,32)/t20-,28+/m1/s1. The minimum Gasteiger partial charge on any atom is -0.457 e. The summed E-state index contributed by atoms with van der Waals surface area (Å²) >= 11 is 0. The summed E-state index contributed by atoms with van der Waals surface area (Å²) in [6, 6.07) is 21.4. The Bertz CT molecular complexity index is 1420. The fourth-order valence-corrected chi connectivity index (χ4v) is 4.82. The molecule has 2 aliphatic rings. The van der Waals surface area contributed by atoms with Crippen LogP contribution in [0.2, 0.25) is 0 Å². The molecule has 2 fully saturated rings. The highest BCUT2D eigenvalue weighted by atomic mass is 16.5. The minimum atomic E-state index is 0.158. The Morgan fingerprint density at radius 2 is 1.85 bits per heavy atom. The lowest BCUT2D eigenvalue weighted by atomic mass is 10.0. The molecular weight excluding hydrogens is 422 g/mol. The molecule has 2 atom stereocenters. The van der Waals surface area contributed by atoms with Crippen molar-refractivity contribution in [1.29, 1.82) is 0 Å². The molecule has 0 radical (unpaired) electrons. The number of fused-ring (bicyclic) bond motifs is 2. The van der Waals surface area contributed by atoms with E-state index in [0.717, 1.165) is 46.7 Å². The van der Waals surface area contributed by atoms with Crippen molar-refractivity contribution in [2.45, 2.75) is 6.42 Å². The van der Waals surface area contributed by atoms with Gasteiger partial charge in [-0.25, -0.2) is 9.97 Å². The van der Waals surface area contributed by atoms with Crippen molar-refractivity contribution < 1.29 is 4.74 Å². The van der Waals surface area contributed by atoms with Crippen LogP contribution in [0, 0.1) is 23.2 Å². The number of nitrogens with one attached hydrogen (secondary N) is 1. The summed E-state index contributed by atoms with van der Waals surface area (Å²) in [5.74, 6) is 9.84. The molecular formula is C28H25N5O. The molecule has 6 heteroatoms. The molecule has 0 bridgehead atoms. The van der Waals surface area contributed by atoms with Crippen LogP contribution >= 0.6 is 0 Å². The van der Waals surface area contributed by atoms with Gasteiger partial charge in [0.25, 0.3) is 0 Å². The summed E-state index contributed by atoms with van der Waals surface area (Å²) in [5.41, 5.74) is 9.74. The molecule has 1 aliphatic heterocycles. The summed E-state index contributed by atoms with van der Waals surface area (Å²) in [7, 11) is 2.16. The van der Waals surface area contributed by atoms with Crippen LogP contribution in [0.3, 0.4) is 0 Å². The molecule has 34 heavy (non-hydrogen) atoms. The van der Waals surface area contributed by atoms with E-state index >= 15 is 0 Å². The number of benzene rings is 3. The lowest BCUT2D eigenvalue weighted by Crippen LogP contribution is -2.19. The van der Waals surface area contributed by atoms with Gasteiger partial charge in [0.15, 0.2) is 0 Å². The van der Waals surface area contributed by atoms with Crippen molar-refractivity contribution in [3.8, 4) is 23.3 Å². The van der Waals surface area contributed by atoms with Gasteiger partial charge < -0.3 is 20.7 Å². The van der Waals surface area contributed by atoms with E-state index < -0.39 is 0 Å². The number of nitrogens with two attached hydrogens (primary N) is 1. The number of piperidine rings is 1. The number of ether oxygens (including phenoxy) is 1. The van der Waals surface area contributed by atoms with E-state index in [1.54, 1.807) is 6.33 Å². The minimum absolute atomic E-state index is 0.158. The number of nitrogen functional groups attached to an aromatic ring is 1. The normalized spacial score (nSPS) is 20.9. The monoisotopic (exact) mass is 447 g/mol. The van der Waals surface area contributed by atoms with E-state index in [2.05, 4.69) is 39.1 Å². The topological polar surface area (TPSA) is 76.3 Å². The highest BCUT2D eigenvalue weighted by molar-refractivity contribution is 5.94. The van der Waals surface area contributed by atoms with Gasteiger partial charge in [-0.1, -0.05) is 30.0 Å². The van der Waals surface area contributed by atoms with Gasteiger partial charge in [0.05, 0.1) is 5.52 Å². The maximum Gasteiger partial charge on any atom is 0.141 e. The van der Waals surface area contributed by atoms with Crippen molar-refractivity contribution in [2.24, 2.45) is 11.3 Å². The van der Waals surface area contributed by atoms with Crippen LogP contribution in [0.4, 0.5) is 17.2 Å². The van der Waals surface area contributed by atoms with E-state index in [1.807, 2.05) is 66.7 Å². The van der Waals surface area contributed by atoms with Crippen LogP contribution in [0.25, 0.3) is 10.9 Å². The number of hydrogen-bond donors (Lipinski definition) is 2. The zero-order valence-electron chi connectivity index (χ0n) is 19.0. The fourth-order valence-electron chi connectivity index (χ4n) is 4.82. The van der Waals surface area contributed by atoms with E-state index in [4.69, 9.17) is 10.5 Å². The Morgan fingerprint density at radius 1 is 1.06 bits per heavy atom. The average molecular weight is 448 g/mol. The van der Waals surface area contributed by atoms with Crippen molar-refractivity contribution in [2.75, 3.05) is 31.2 Å². The quantitative estimate of drug-likeness (QED) is 0.337. The zero-order chi connectivity index (χ0) is 23.1. The predicted molar refractivity (Wildman–Crippen MR) is 135 cm³/mol. The number of para-hydroxylation sites is 1. The van der Waals surface area contributed by atoms with Crippen LogP contribution in [0.15, 0.2) is 73.1 Å². The Morgan fingerprint density at radius 3 is 2.62 bits per heavy atom. The first-order valence-corrected chi connectivity index (χ1v) is 11.4. The van der Waals surface area contributed by atoms with Crippen molar-refractivity contribution in [3.63, 3.8) is 0 Å². The first-order chi connectivity index (χ1) is 16.6. The van der Waals surface area contributed by atoms with Crippen LogP contribution in [-0.2, 0) is 0 Å². The molecule has 1 saturated heterocycles. The molecule has 0 amide bonds. The molecule has 168 valence electrons. The molecule has 6 nitrogen and oxygen atoms in total. The molecule has 6 rings (SSSR count). The van der Waals surface area contributed by atoms with Crippen LogP contribution in [0.5, 0.6) is 11.5 Å². The van der Waals surface area contributed by atoms with E-state index in [-0.39, 0.29) is 5.41 Å². The molecule has 1 aliphatic carbocycles. The molecule has 1 saturated carbocycles. The van der Waals surface area contributed by atoms with Gasteiger partial charge in [0, 0.05) is 40.8 Å². The summed E-state index contributed by atoms with van der Waals surface area (Å²) in [4.78, 5) is 11.3. The molecule has 3 aromatic carbocycles. The summed E-state index contributed by atoms with van der Waals surface area (Å²) in [6.07, 6.45) is 2.76. The van der Waals surface area contributed by atoms with Crippen molar-refractivity contribution in [1.82, 2.24) is 14.9 Å². The first kappa shape index (κ1) is 20.5. The fraction of sp³-hybridized carbons (Fsp3) is 0.214. The maximum atomic E-state index is 6.40. The number of aromatic nitrogens is 2. The second-order valence-corrected chi connectivity index (χ2v) is 9.25. The maximum absolute atomic E-state index is 6.40. The van der Waals surface area contributed by atoms with Crippen molar-refractivity contribution in [3.05, 3.63) is 78.6 Å². The smallest absolute Gasteiger partial charge is 0.141 e. The van der Waals surface area contributed by atoms with Gasteiger partial charge in [-0.05, 0) is 67.9 Å². The second kappa shape index (κ2) is 8.05. The van der Waals surface area contributed by atoms with Crippen LogP contribution in [0.1, 0.15) is 12.0 Å².